The molecule has 14 heavy (non-hydrogen) atoms. The Balaban J connectivity index is 3.01. The first-order valence-electron chi connectivity index (χ1n) is 3.41. The van der Waals surface area contributed by atoms with Gasteiger partial charge in [0.05, 0.1) is 10.6 Å². The third-order valence-electron chi connectivity index (χ3n) is 1.40. The number of hydrogen-bond donors (Lipinski definition) is 1. The highest BCUT2D eigenvalue weighted by Crippen LogP contribution is 2.27. The van der Waals surface area contributed by atoms with Gasteiger partial charge in [0.1, 0.15) is 0 Å². The highest BCUT2D eigenvalue weighted by molar-refractivity contribution is 9.10. The molecule has 0 aliphatic carbocycles. The molecule has 0 aromatic heterocycles. The topological polar surface area (TPSA) is 72.2 Å². The monoisotopic (exact) mass is 278 g/mol. The first kappa shape index (κ1) is 10.9. The second-order valence-corrected chi connectivity index (χ2v) is 3.52. The lowest BCUT2D eigenvalue weighted by molar-refractivity contribution is -0.384. The maximum atomic E-state index is 10.5. The van der Waals surface area contributed by atoms with Crippen molar-refractivity contribution in [2.45, 2.75) is 0 Å². The summed E-state index contributed by atoms with van der Waals surface area (Å²) in [5.74, 6) is 0. The lowest BCUT2D eigenvalue weighted by atomic mass is 10.3. The highest BCUT2D eigenvalue weighted by Gasteiger charge is 2.09. The Bertz CT molecular complexity index is 397. The van der Waals surface area contributed by atoms with E-state index < -0.39 is 10.3 Å². The molecular formula is C7H4BrClN2O3. The van der Waals surface area contributed by atoms with E-state index in [0.717, 1.165) is 0 Å². The van der Waals surface area contributed by atoms with Crippen LogP contribution in [0.15, 0.2) is 22.7 Å². The van der Waals surface area contributed by atoms with Gasteiger partial charge < -0.3 is 5.32 Å². The summed E-state index contributed by atoms with van der Waals surface area (Å²) in [5, 5.41) is 11.9. The second-order valence-electron chi connectivity index (χ2n) is 2.32. The Morgan fingerprint density at radius 3 is 2.64 bits per heavy atom. The number of rotatable bonds is 2. The second kappa shape index (κ2) is 4.39. The molecular weight excluding hydrogens is 275 g/mol. The molecule has 0 saturated heterocycles. The molecule has 0 aliphatic rings. The fraction of sp³-hybridized carbons (Fsp3) is 0. The van der Waals surface area contributed by atoms with E-state index in [4.69, 9.17) is 11.6 Å². The van der Waals surface area contributed by atoms with Gasteiger partial charge in [0.15, 0.2) is 0 Å². The molecule has 0 unspecified atom stereocenters. The number of amides is 1. The number of benzene rings is 1. The van der Waals surface area contributed by atoms with Gasteiger partial charge in [-0.05, 0) is 33.6 Å². The van der Waals surface area contributed by atoms with E-state index in [1.807, 2.05) is 0 Å². The van der Waals surface area contributed by atoms with Gasteiger partial charge in [0.2, 0.25) is 0 Å². The summed E-state index contributed by atoms with van der Waals surface area (Å²) < 4.78 is 0.403. The van der Waals surface area contributed by atoms with E-state index in [0.29, 0.717) is 10.2 Å². The molecule has 1 aromatic rings. The van der Waals surface area contributed by atoms with Gasteiger partial charge in [-0.2, -0.15) is 0 Å². The number of halogens is 2. The number of nitrogens with one attached hydrogen (secondary N) is 1. The molecule has 0 atom stereocenters. The number of anilines is 1. The van der Waals surface area contributed by atoms with Crippen LogP contribution in [0.5, 0.6) is 0 Å². The maximum Gasteiger partial charge on any atom is 0.318 e. The summed E-state index contributed by atoms with van der Waals surface area (Å²) in [5.41, 5.74) is 0.319. The Hall–Kier alpha value is -1.14. The molecule has 7 heteroatoms. The number of non-ortho nitro benzene ring substituents is 1. The van der Waals surface area contributed by atoms with Gasteiger partial charge >= 0.3 is 5.37 Å². The third-order valence-corrected chi connectivity index (χ3v) is 2.15. The van der Waals surface area contributed by atoms with Crippen molar-refractivity contribution in [1.29, 1.82) is 0 Å². The van der Waals surface area contributed by atoms with Crippen molar-refractivity contribution in [3.63, 3.8) is 0 Å². The number of carbonyl (C=O) groups is 1. The molecule has 0 saturated carbocycles. The molecule has 0 aliphatic heterocycles. The van der Waals surface area contributed by atoms with E-state index in [-0.39, 0.29) is 5.69 Å². The minimum absolute atomic E-state index is 0.0653. The molecule has 0 spiro atoms. The third kappa shape index (κ3) is 2.68. The van der Waals surface area contributed by atoms with Gasteiger partial charge in [-0.3, -0.25) is 14.9 Å². The van der Waals surface area contributed by atoms with Crippen LogP contribution in [0.25, 0.3) is 0 Å². The Morgan fingerprint density at radius 2 is 2.21 bits per heavy atom. The zero-order valence-corrected chi connectivity index (χ0v) is 9.00. The van der Waals surface area contributed by atoms with Crippen LogP contribution < -0.4 is 5.32 Å². The molecule has 74 valence electrons. The number of nitrogens with zero attached hydrogens (tertiary/aromatic N) is 1. The lowest BCUT2D eigenvalue weighted by Crippen LogP contribution is -2.01. The van der Waals surface area contributed by atoms with E-state index >= 15 is 0 Å². The molecule has 1 rings (SSSR count). The van der Waals surface area contributed by atoms with Crippen LogP contribution in [-0.2, 0) is 0 Å². The molecule has 5 nitrogen and oxygen atoms in total. The van der Waals surface area contributed by atoms with E-state index in [1.54, 1.807) is 0 Å². The predicted molar refractivity (Wildman–Crippen MR) is 55.7 cm³/mol. The van der Waals surface area contributed by atoms with Crippen LogP contribution in [0.4, 0.5) is 16.2 Å². The van der Waals surface area contributed by atoms with Crippen molar-refractivity contribution < 1.29 is 9.72 Å². The molecule has 0 radical (unpaired) electrons. The maximum absolute atomic E-state index is 10.5. The van der Waals surface area contributed by atoms with Gasteiger partial charge in [-0.1, -0.05) is 0 Å². The fourth-order valence-corrected chi connectivity index (χ4v) is 1.39. The van der Waals surface area contributed by atoms with E-state index in [1.165, 1.54) is 18.2 Å². The van der Waals surface area contributed by atoms with Gasteiger partial charge in [0, 0.05) is 16.6 Å². The summed E-state index contributed by atoms with van der Waals surface area (Å²) in [7, 11) is 0. The Morgan fingerprint density at radius 1 is 1.57 bits per heavy atom. The molecule has 0 fully saturated rings. The summed E-state index contributed by atoms with van der Waals surface area (Å²) in [6.45, 7) is 0. The van der Waals surface area contributed by atoms with Crippen molar-refractivity contribution in [3.8, 4) is 0 Å². The van der Waals surface area contributed by atoms with Crippen LogP contribution in [-0.4, -0.2) is 10.3 Å². The molecule has 1 aromatic carbocycles. The first-order valence-corrected chi connectivity index (χ1v) is 4.58. The van der Waals surface area contributed by atoms with E-state index in [2.05, 4.69) is 21.2 Å². The number of nitro groups is 1. The van der Waals surface area contributed by atoms with Gasteiger partial charge in [-0.15, -0.1) is 0 Å². The minimum atomic E-state index is -0.750. The standard InChI is InChI=1S/C7H4BrClN2O3/c8-5-3-4(11(13)14)1-2-6(5)10-7(9)12/h1-3H,(H,10,12). The molecule has 0 heterocycles. The van der Waals surface area contributed by atoms with Crippen LogP contribution in [0.1, 0.15) is 0 Å². The normalized spacial score (nSPS) is 9.57. The largest absolute Gasteiger partial charge is 0.318 e. The SMILES string of the molecule is O=C(Cl)Nc1ccc([N+](=O)[O-])cc1Br. The predicted octanol–water partition coefficient (Wildman–Crippen LogP) is 3.13. The van der Waals surface area contributed by atoms with Crippen LogP contribution in [0.3, 0.4) is 0 Å². The summed E-state index contributed by atoms with van der Waals surface area (Å²) in [6, 6.07) is 3.94. The number of carbonyl (C=O) groups excluding carboxylic acids is 1. The summed E-state index contributed by atoms with van der Waals surface area (Å²) in [4.78, 5) is 20.3. The zero-order chi connectivity index (χ0) is 10.7. The summed E-state index contributed by atoms with van der Waals surface area (Å²) in [6.07, 6.45) is 0. The lowest BCUT2D eigenvalue weighted by Gasteiger charge is -2.02. The summed E-state index contributed by atoms with van der Waals surface area (Å²) >= 11 is 8.15. The fourth-order valence-electron chi connectivity index (χ4n) is 0.825. The average Bonchev–Trinajstić information content (AvgIpc) is 2.07. The van der Waals surface area contributed by atoms with Crippen molar-refractivity contribution in [2.24, 2.45) is 0 Å². The Labute approximate surface area is 92.3 Å². The van der Waals surface area contributed by atoms with E-state index in [9.17, 15) is 14.9 Å². The highest BCUT2D eigenvalue weighted by atomic mass is 79.9. The molecule has 1 N–H and O–H groups in total. The minimum Gasteiger partial charge on any atom is -0.311 e. The number of nitro benzene ring substituents is 1. The van der Waals surface area contributed by atoms with Crippen molar-refractivity contribution in [3.05, 3.63) is 32.8 Å². The van der Waals surface area contributed by atoms with Crippen LogP contribution in [0.2, 0.25) is 0 Å². The van der Waals surface area contributed by atoms with Crippen LogP contribution in [0, 0.1) is 10.1 Å². The average molecular weight is 279 g/mol. The first-order chi connectivity index (χ1) is 6.50. The van der Waals surface area contributed by atoms with Gasteiger partial charge in [0.25, 0.3) is 5.69 Å². The quantitative estimate of drug-likeness (QED) is 0.391. The molecule has 0 bridgehead atoms. The molecule has 1 amide bonds. The smallest absolute Gasteiger partial charge is 0.311 e. The van der Waals surface area contributed by atoms with Crippen molar-refractivity contribution in [1.82, 2.24) is 0 Å². The number of hydrogen-bond acceptors (Lipinski definition) is 3. The van der Waals surface area contributed by atoms with Crippen LogP contribution >= 0.6 is 27.5 Å². The zero-order valence-electron chi connectivity index (χ0n) is 6.66. The van der Waals surface area contributed by atoms with Crippen molar-refractivity contribution in [2.75, 3.05) is 5.32 Å². The Kier molecular flexibility index (Phi) is 3.43. The van der Waals surface area contributed by atoms with Gasteiger partial charge in [-0.25, -0.2) is 0 Å². The van der Waals surface area contributed by atoms with Crippen molar-refractivity contribution >= 4 is 44.3 Å².